The molecule has 0 aliphatic carbocycles. The molecule has 0 amide bonds. The summed E-state index contributed by atoms with van der Waals surface area (Å²) in [6.07, 6.45) is 22.7. The summed E-state index contributed by atoms with van der Waals surface area (Å²) in [4.78, 5) is 2.27. The van der Waals surface area contributed by atoms with Gasteiger partial charge in [-0.2, -0.15) is 0 Å². The highest BCUT2D eigenvalue weighted by molar-refractivity contribution is 4.52. The first kappa shape index (κ1) is 26.9. The number of hydrogen-bond donors (Lipinski definition) is 0. The summed E-state index contributed by atoms with van der Waals surface area (Å²) in [7, 11) is 0. The summed E-state index contributed by atoms with van der Waals surface area (Å²) >= 11 is 0. The average molecular weight is 386 g/mol. The first-order chi connectivity index (χ1) is 13.3. The van der Waals surface area contributed by atoms with Crippen molar-refractivity contribution >= 4 is 0 Å². The molecule has 3 nitrogen and oxygen atoms in total. The first-order valence-corrected chi connectivity index (χ1v) is 12.2. The van der Waals surface area contributed by atoms with E-state index in [0.717, 1.165) is 19.8 Å². The number of hydrogen-bond acceptors (Lipinski definition) is 3. The molecule has 0 unspecified atom stereocenters. The van der Waals surface area contributed by atoms with Gasteiger partial charge >= 0.3 is 0 Å². The largest absolute Gasteiger partial charge is 0.366 e. The van der Waals surface area contributed by atoms with Crippen molar-refractivity contribution in [2.24, 2.45) is 0 Å². The molecular formula is C24H51NO2. The SMILES string of the molecule is CCCCCCCCCCCCCCCCCCN(COCC)COCC. The lowest BCUT2D eigenvalue weighted by Crippen LogP contribution is -2.30. The third-order valence-electron chi connectivity index (χ3n) is 5.28. The van der Waals surface area contributed by atoms with Crippen LogP contribution in [0.15, 0.2) is 0 Å². The van der Waals surface area contributed by atoms with Gasteiger partial charge in [0.05, 0.1) is 0 Å². The zero-order chi connectivity index (χ0) is 19.8. The maximum Gasteiger partial charge on any atom is 0.101 e. The number of nitrogens with zero attached hydrogens (tertiary/aromatic N) is 1. The summed E-state index contributed by atoms with van der Waals surface area (Å²) in [6.45, 7) is 10.5. The molecule has 0 aromatic heterocycles. The van der Waals surface area contributed by atoms with E-state index in [0.29, 0.717) is 13.5 Å². The normalized spacial score (nSPS) is 11.6. The van der Waals surface area contributed by atoms with Crippen LogP contribution in [0.3, 0.4) is 0 Å². The van der Waals surface area contributed by atoms with E-state index in [-0.39, 0.29) is 0 Å². The van der Waals surface area contributed by atoms with Crippen molar-refractivity contribution in [3.63, 3.8) is 0 Å². The Morgan fingerprint density at radius 1 is 0.444 bits per heavy atom. The molecule has 0 rings (SSSR count). The Bertz CT molecular complexity index is 253. The topological polar surface area (TPSA) is 21.7 Å². The Hall–Kier alpha value is -0.120. The van der Waals surface area contributed by atoms with E-state index < -0.39 is 0 Å². The highest BCUT2D eigenvalue weighted by Crippen LogP contribution is 2.13. The third kappa shape index (κ3) is 22.0. The molecule has 0 atom stereocenters. The van der Waals surface area contributed by atoms with E-state index in [1.807, 2.05) is 13.8 Å². The standard InChI is InChI=1S/C24H51NO2/c1-4-7-8-9-10-11-12-13-14-15-16-17-18-19-20-21-22-25(23-26-5-2)24-27-6-3/h4-24H2,1-3H3. The van der Waals surface area contributed by atoms with Crippen LogP contribution < -0.4 is 0 Å². The van der Waals surface area contributed by atoms with Gasteiger partial charge in [0.1, 0.15) is 13.5 Å². The fourth-order valence-electron chi connectivity index (χ4n) is 3.49. The summed E-state index contributed by atoms with van der Waals surface area (Å²) in [5.74, 6) is 0. The van der Waals surface area contributed by atoms with Gasteiger partial charge < -0.3 is 9.47 Å². The number of unbranched alkanes of at least 4 members (excludes halogenated alkanes) is 15. The number of ether oxygens (including phenoxy) is 2. The molecule has 0 saturated carbocycles. The lowest BCUT2D eigenvalue weighted by molar-refractivity contribution is -0.0395. The van der Waals surface area contributed by atoms with Crippen LogP contribution in [-0.4, -0.2) is 38.1 Å². The second-order valence-electron chi connectivity index (χ2n) is 7.94. The van der Waals surface area contributed by atoms with Crippen molar-refractivity contribution in [2.45, 2.75) is 124 Å². The molecule has 0 aliphatic heterocycles. The van der Waals surface area contributed by atoms with Crippen molar-refractivity contribution in [2.75, 3.05) is 33.2 Å². The smallest absolute Gasteiger partial charge is 0.101 e. The van der Waals surface area contributed by atoms with Crippen molar-refractivity contribution in [3.8, 4) is 0 Å². The lowest BCUT2D eigenvalue weighted by Gasteiger charge is -2.21. The predicted octanol–water partition coefficient (Wildman–Crippen LogP) is 7.54. The maximum atomic E-state index is 5.52. The molecule has 0 aromatic rings. The molecule has 0 aromatic carbocycles. The van der Waals surface area contributed by atoms with Crippen LogP contribution >= 0.6 is 0 Å². The minimum absolute atomic E-state index is 0.704. The molecule has 0 aliphatic rings. The van der Waals surface area contributed by atoms with Crippen LogP contribution in [-0.2, 0) is 9.47 Å². The minimum atomic E-state index is 0.704. The van der Waals surface area contributed by atoms with E-state index in [4.69, 9.17) is 9.47 Å². The van der Waals surface area contributed by atoms with Crippen LogP contribution in [0.4, 0.5) is 0 Å². The molecule has 0 fully saturated rings. The monoisotopic (exact) mass is 385 g/mol. The van der Waals surface area contributed by atoms with E-state index in [1.165, 1.54) is 103 Å². The van der Waals surface area contributed by atoms with E-state index in [2.05, 4.69) is 11.8 Å². The second-order valence-corrected chi connectivity index (χ2v) is 7.94. The molecule has 0 N–H and O–H groups in total. The van der Waals surface area contributed by atoms with Crippen molar-refractivity contribution in [1.82, 2.24) is 4.90 Å². The van der Waals surface area contributed by atoms with Crippen LogP contribution in [0.1, 0.15) is 124 Å². The predicted molar refractivity (Wildman–Crippen MR) is 119 cm³/mol. The molecule has 0 bridgehead atoms. The van der Waals surface area contributed by atoms with Gasteiger partial charge in [0, 0.05) is 19.8 Å². The van der Waals surface area contributed by atoms with Crippen LogP contribution in [0.2, 0.25) is 0 Å². The minimum Gasteiger partial charge on any atom is -0.366 e. The molecule has 0 spiro atoms. The van der Waals surface area contributed by atoms with Gasteiger partial charge in [-0.3, -0.25) is 4.90 Å². The van der Waals surface area contributed by atoms with Crippen molar-refractivity contribution < 1.29 is 9.47 Å². The zero-order valence-electron chi connectivity index (χ0n) is 19.1. The zero-order valence-corrected chi connectivity index (χ0v) is 19.1. The molecule has 27 heavy (non-hydrogen) atoms. The summed E-state index contributed by atoms with van der Waals surface area (Å²) < 4.78 is 11.0. The Labute approximate surface area is 171 Å². The van der Waals surface area contributed by atoms with E-state index in [9.17, 15) is 0 Å². The van der Waals surface area contributed by atoms with Crippen LogP contribution in [0.5, 0.6) is 0 Å². The van der Waals surface area contributed by atoms with Gasteiger partial charge in [-0.15, -0.1) is 0 Å². The van der Waals surface area contributed by atoms with Crippen molar-refractivity contribution in [3.05, 3.63) is 0 Å². The van der Waals surface area contributed by atoms with Crippen LogP contribution in [0.25, 0.3) is 0 Å². The second kappa shape index (κ2) is 23.9. The van der Waals surface area contributed by atoms with Gasteiger partial charge in [0.25, 0.3) is 0 Å². The lowest BCUT2D eigenvalue weighted by atomic mass is 10.0. The molecule has 0 heterocycles. The van der Waals surface area contributed by atoms with Crippen molar-refractivity contribution in [1.29, 1.82) is 0 Å². The Kier molecular flexibility index (Phi) is 23.8. The van der Waals surface area contributed by atoms with Gasteiger partial charge in [-0.1, -0.05) is 103 Å². The van der Waals surface area contributed by atoms with Crippen LogP contribution in [0, 0.1) is 0 Å². The summed E-state index contributed by atoms with van der Waals surface area (Å²) in [5.41, 5.74) is 0. The maximum absolute atomic E-state index is 5.52. The molecule has 0 saturated heterocycles. The summed E-state index contributed by atoms with van der Waals surface area (Å²) in [6, 6.07) is 0. The van der Waals surface area contributed by atoms with E-state index >= 15 is 0 Å². The fraction of sp³-hybridized carbons (Fsp3) is 1.00. The Balaban J connectivity index is 3.24. The summed E-state index contributed by atoms with van der Waals surface area (Å²) in [5, 5.41) is 0. The van der Waals surface area contributed by atoms with E-state index in [1.54, 1.807) is 0 Å². The Morgan fingerprint density at radius 2 is 0.778 bits per heavy atom. The molecule has 0 radical (unpaired) electrons. The molecule has 3 heteroatoms. The Morgan fingerprint density at radius 3 is 1.11 bits per heavy atom. The number of rotatable bonds is 23. The fourth-order valence-corrected chi connectivity index (χ4v) is 3.49. The first-order valence-electron chi connectivity index (χ1n) is 12.2. The van der Waals surface area contributed by atoms with Gasteiger partial charge in [-0.05, 0) is 20.3 Å². The van der Waals surface area contributed by atoms with Gasteiger partial charge in [0.2, 0.25) is 0 Å². The molecule has 164 valence electrons. The van der Waals surface area contributed by atoms with Gasteiger partial charge in [-0.25, -0.2) is 0 Å². The van der Waals surface area contributed by atoms with Gasteiger partial charge in [0.15, 0.2) is 0 Å². The average Bonchev–Trinajstić information content (AvgIpc) is 2.69. The molecular weight excluding hydrogens is 334 g/mol. The highest BCUT2D eigenvalue weighted by atomic mass is 16.5. The quantitative estimate of drug-likeness (QED) is 0.134. The highest BCUT2D eigenvalue weighted by Gasteiger charge is 2.04. The third-order valence-corrected chi connectivity index (χ3v) is 5.28.